The third kappa shape index (κ3) is 3.55. The fourth-order valence-electron chi connectivity index (χ4n) is 3.18. The van der Waals surface area contributed by atoms with Gasteiger partial charge in [-0.15, -0.1) is 0 Å². The number of aromatic amines is 1. The Morgan fingerprint density at radius 2 is 2.26 bits per heavy atom. The van der Waals surface area contributed by atoms with Crippen molar-refractivity contribution in [2.45, 2.75) is 19.4 Å². The molecule has 1 atom stereocenters. The lowest BCUT2D eigenvalue weighted by Gasteiger charge is -2.34. The number of hydrogen-bond acceptors (Lipinski definition) is 6. The number of hydrogen-bond donors (Lipinski definition) is 1. The summed E-state index contributed by atoms with van der Waals surface area (Å²) in [5.74, 6) is 1.01. The minimum absolute atomic E-state index is 0.110. The summed E-state index contributed by atoms with van der Waals surface area (Å²) >= 11 is 0. The smallest absolute Gasteiger partial charge is 0.272 e. The van der Waals surface area contributed by atoms with E-state index < -0.39 is 13.0 Å². The van der Waals surface area contributed by atoms with Crippen LogP contribution in [0.4, 0.5) is 14.6 Å². The van der Waals surface area contributed by atoms with Crippen LogP contribution in [0.25, 0.3) is 22.3 Å². The molecule has 27 heavy (non-hydrogen) atoms. The Bertz CT molecular complexity index is 920. The van der Waals surface area contributed by atoms with Gasteiger partial charge >= 0.3 is 0 Å². The van der Waals surface area contributed by atoms with E-state index in [0.29, 0.717) is 53.6 Å². The first-order chi connectivity index (χ1) is 13.1. The van der Waals surface area contributed by atoms with E-state index in [4.69, 9.17) is 14.5 Å². The minimum atomic E-state index is -2.56. The van der Waals surface area contributed by atoms with Gasteiger partial charge in [-0.2, -0.15) is 5.10 Å². The van der Waals surface area contributed by atoms with Crippen molar-refractivity contribution >= 4 is 16.7 Å². The number of fused-ring (bicyclic) bond motifs is 1. The van der Waals surface area contributed by atoms with Crippen LogP contribution < -0.4 is 9.64 Å². The van der Waals surface area contributed by atoms with E-state index in [-0.39, 0.29) is 6.04 Å². The number of ether oxygens (including phenoxy) is 2. The maximum absolute atomic E-state index is 12.7. The monoisotopic (exact) mass is 375 g/mol. The number of pyridine rings is 2. The number of nitrogens with one attached hydrogen (secondary N) is 1. The molecule has 0 aliphatic carbocycles. The van der Waals surface area contributed by atoms with E-state index in [0.717, 1.165) is 0 Å². The lowest BCUT2D eigenvalue weighted by atomic mass is 10.1. The second-order valence-corrected chi connectivity index (χ2v) is 6.32. The average Bonchev–Trinajstić information content (AvgIpc) is 3.20. The van der Waals surface area contributed by atoms with Gasteiger partial charge in [0.2, 0.25) is 0 Å². The van der Waals surface area contributed by atoms with Crippen molar-refractivity contribution in [2.75, 3.05) is 31.3 Å². The zero-order valence-corrected chi connectivity index (χ0v) is 14.7. The zero-order chi connectivity index (χ0) is 18.8. The van der Waals surface area contributed by atoms with Crippen LogP contribution in [0.2, 0.25) is 0 Å². The number of aromatic nitrogens is 4. The highest BCUT2D eigenvalue weighted by molar-refractivity contribution is 5.95. The molecule has 4 heterocycles. The third-order valence-corrected chi connectivity index (χ3v) is 4.46. The highest BCUT2D eigenvalue weighted by Gasteiger charge is 2.23. The van der Waals surface area contributed by atoms with Crippen molar-refractivity contribution in [2.24, 2.45) is 0 Å². The van der Waals surface area contributed by atoms with Crippen LogP contribution in [-0.2, 0) is 4.74 Å². The lowest BCUT2D eigenvalue weighted by Crippen LogP contribution is -2.44. The summed E-state index contributed by atoms with van der Waals surface area (Å²) in [6, 6.07) is 5.32. The standard InChI is InChI=1S/C18H19F2N5O2/c1-11-9-26-7-6-25(11)16-8-14(27-10-15(19)20)12-2-4-21-18(17(12)23-16)13-3-5-22-24-13/h2-5,8,11,15H,6-7,9-10H2,1H3,(H,22,24)/t11-/m1/s1. The van der Waals surface area contributed by atoms with E-state index in [1.165, 1.54) is 0 Å². The normalized spacial score (nSPS) is 17.6. The lowest BCUT2D eigenvalue weighted by molar-refractivity contribution is 0.0825. The molecule has 1 N–H and O–H groups in total. The summed E-state index contributed by atoms with van der Waals surface area (Å²) in [6.07, 6.45) is 0.664. The van der Waals surface area contributed by atoms with Gasteiger partial charge in [0, 0.05) is 30.4 Å². The number of rotatable bonds is 5. The number of halogens is 2. The largest absolute Gasteiger partial charge is 0.487 e. The summed E-state index contributed by atoms with van der Waals surface area (Å²) in [5.41, 5.74) is 1.86. The first-order valence-corrected chi connectivity index (χ1v) is 8.68. The minimum Gasteiger partial charge on any atom is -0.487 e. The van der Waals surface area contributed by atoms with Crippen molar-refractivity contribution in [3.8, 4) is 17.1 Å². The first-order valence-electron chi connectivity index (χ1n) is 8.68. The Morgan fingerprint density at radius 1 is 1.37 bits per heavy atom. The van der Waals surface area contributed by atoms with E-state index in [9.17, 15) is 8.78 Å². The fourth-order valence-corrected chi connectivity index (χ4v) is 3.18. The van der Waals surface area contributed by atoms with E-state index in [2.05, 4.69) is 20.1 Å². The van der Waals surface area contributed by atoms with Crippen LogP contribution in [0.15, 0.2) is 30.6 Å². The second-order valence-electron chi connectivity index (χ2n) is 6.32. The second kappa shape index (κ2) is 7.43. The molecule has 3 aromatic heterocycles. The van der Waals surface area contributed by atoms with Gasteiger partial charge in [-0.25, -0.2) is 13.8 Å². The van der Waals surface area contributed by atoms with Gasteiger partial charge in [0.1, 0.15) is 29.4 Å². The van der Waals surface area contributed by atoms with Crippen LogP contribution in [0.1, 0.15) is 6.92 Å². The van der Waals surface area contributed by atoms with Crippen LogP contribution in [0.5, 0.6) is 5.75 Å². The van der Waals surface area contributed by atoms with Crippen LogP contribution in [0.3, 0.4) is 0 Å². The Hall–Kier alpha value is -2.81. The molecule has 1 saturated heterocycles. The topological polar surface area (TPSA) is 76.2 Å². The third-order valence-electron chi connectivity index (χ3n) is 4.46. The summed E-state index contributed by atoms with van der Waals surface area (Å²) in [4.78, 5) is 11.3. The molecule has 3 aromatic rings. The zero-order valence-electron chi connectivity index (χ0n) is 14.7. The molecule has 7 nitrogen and oxygen atoms in total. The summed E-state index contributed by atoms with van der Waals surface area (Å²) in [7, 11) is 0. The number of H-pyrrole nitrogens is 1. The summed E-state index contributed by atoms with van der Waals surface area (Å²) in [5, 5.41) is 7.46. The Kier molecular flexibility index (Phi) is 4.85. The Labute approximate surface area is 154 Å². The molecule has 9 heteroatoms. The predicted octanol–water partition coefficient (Wildman–Crippen LogP) is 2.89. The van der Waals surface area contributed by atoms with Gasteiger partial charge in [0.25, 0.3) is 6.43 Å². The highest BCUT2D eigenvalue weighted by Crippen LogP contribution is 2.34. The van der Waals surface area contributed by atoms with Crippen molar-refractivity contribution in [3.05, 3.63) is 30.6 Å². The van der Waals surface area contributed by atoms with Gasteiger partial charge < -0.3 is 14.4 Å². The quantitative estimate of drug-likeness (QED) is 0.739. The maximum Gasteiger partial charge on any atom is 0.272 e. The molecule has 1 aliphatic rings. The molecule has 0 saturated carbocycles. The van der Waals surface area contributed by atoms with Crippen molar-refractivity contribution in [3.63, 3.8) is 0 Å². The molecule has 0 aromatic carbocycles. The van der Waals surface area contributed by atoms with Crippen molar-refractivity contribution in [1.82, 2.24) is 20.2 Å². The van der Waals surface area contributed by atoms with Crippen LogP contribution in [-0.4, -0.2) is 59.0 Å². The number of alkyl halides is 2. The fraction of sp³-hybridized carbons (Fsp3) is 0.389. The first kappa shape index (κ1) is 17.6. The number of nitrogens with zero attached hydrogens (tertiary/aromatic N) is 4. The van der Waals surface area contributed by atoms with Gasteiger partial charge in [0.15, 0.2) is 0 Å². The molecule has 0 amide bonds. The molecular weight excluding hydrogens is 356 g/mol. The summed E-state index contributed by atoms with van der Waals surface area (Å²) < 4.78 is 36.4. The van der Waals surface area contributed by atoms with Crippen LogP contribution in [0, 0.1) is 0 Å². The van der Waals surface area contributed by atoms with Gasteiger partial charge in [0.05, 0.1) is 24.9 Å². The van der Waals surface area contributed by atoms with E-state index in [1.807, 2.05) is 6.92 Å². The average molecular weight is 375 g/mol. The SMILES string of the molecule is C[C@@H]1COCCN1c1cc(OCC(F)F)c2ccnc(-c3ccn[nH]3)c2n1. The van der Waals surface area contributed by atoms with Gasteiger partial charge in [-0.1, -0.05) is 0 Å². The predicted molar refractivity (Wildman–Crippen MR) is 96.2 cm³/mol. The van der Waals surface area contributed by atoms with Gasteiger partial charge in [-0.3, -0.25) is 10.1 Å². The summed E-state index contributed by atoms with van der Waals surface area (Å²) in [6.45, 7) is 3.17. The molecule has 0 radical (unpaired) electrons. The van der Waals surface area contributed by atoms with E-state index >= 15 is 0 Å². The van der Waals surface area contributed by atoms with E-state index in [1.54, 1.807) is 30.6 Å². The maximum atomic E-state index is 12.7. The Balaban J connectivity index is 1.87. The number of anilines is 1. The van der Waals surface area contributed by atoms with Crippen molar-refractivity contribution in [1.29, 1.82) is 0 Å². The van der Waals surface area contributed by atoms with Crippen molar-refractivity contribution < 1.29 is 18.3 Å². The molecule has 4 rings (SSSR count). The molecule has 1 fully saturated rings. The van der Waals surface area contributed by atoms with Crippen LogP contribution >= 0.6 is 0 Å². The Morgan fingerprint density at radius 3 is 3.00 bits per heavy atom. The molecule has 0 spiro atoms. The molecule has 0 bridgehead atoms. The molecular formula is C18H19F2N5O2. The number of morpholine rings is 1. The molecule has 0 unspecified atom stereocenters. The molecule has 1 aliphatic heterocycles. The van der Waals surface area contributed by atoms with Gasteiger partial charge in [-0.05, 0) is 19.1 Å². The molecule has 142 valence electrons. The highest BCUT2D eigenvalue weighted by atomic mass is 19.3.